The second-order valence-corrected chi connectivity index (χ2v) is 4.99. The van der Waals surface area contributed by atoms with E-state index in [2.05, 4.69) is 79.8 Å². The maximum absolute atomic E-state index is 4.87. The van der Waals surface area contributed by atoms with Gasteiger partial charge in [-0.05, 0) is 24.6 Å². The summed E-state index contributed by atoms with van der Waals surface area (Å²) < 4.78 is 0. The molecule has 0 radical (unpaired) electrons. The predicted molar refractivity (Wildman–Crippen MR) is 85.6 cm³/mol. The zero-order valence-corrected chi connectivity index (χ0v) is 11.5. The first kappa shape index (κ1) is 12.6. The van der Waals surface area contributed by atoms with Gasteiger partial charge in [-0.25, -0.2) is 0 Å². The molecule has 0 saturated heterocycles. The van der Waals surface area contributed by atoms with Gasteiger partial charge in [-0.1, -0.05) is 72.3 Å². The summed E-state index contributed by atoms with van der Waals surface area (Å²) in [6.07, 6.45) is 8.52. The van der Waals surface area contributed by atoms with Crippen LogP contribution in [0.15, 0.2) is 83.9 Å². The van der Waals surface area contributed by atoms with Crippen molar-refractivity contribution in [1.29, 1.82) is 0 Å². The van der Waals surface area contributed by atoms with Crippen molar-refractivity contribution in [3.05, 3.63) is 90.0 Å². The number of nitrogens with zero attached hydrogens (tertiary/aromatic N) is 1. The second kappa shape index (κ2) is 5.70. The molecular weight excluding hydrogens is 242 g/mol. The van der Waals surface area contributed by atoms with E-state index in [0.29, 0.717) is 0 Å². The Labute approximate surface area is 120 Å². The van der Waals surface area contributed by atoms with E-state index >= 15 is 0 Å². The maximum atomic E-state index is 4.87. The molecule has 2 aromatic rings. The minimum atomic E-state index is 0.263. The lowest BCUT2D eigenvalue weighted by atomic mass is 9.97. The largest absolute Gasteiger partial charge is 0.252 e. The fraction of sp³-hybridized carbons (Fsp3) is 0.105. The van der Waals surface area contributed by atoms with Gasteiger partial charge in [0.25, 0.3) is 0 Å². The second-order valence-electron chi connectivity index (χ2n) is 4.99. The van der Waals surface area contributed by atoms with E-state index in [1.54, 1.807) is 0 Å². The lowest BCUT2D eigenvalue weighted by Crippen LogP contribution is -2.10. The molecule has 1 aliphatic carbocycles. The summed E-state index contributed by atoms with van der Waals surface area (Å²) in [6, 6.07) is 18.7. The van der Waals surface area contributed by atoms with Gasteiger partial charge in [0.05, 0.1) is 11.4 Å². The van der Waals surface area contributed by atoms with E-state index in [4.69, 9.17) is 4.99 Å². The van der Waals surface area contributed by atoms with Gasteiger partial charge in [0, 0.05) is 5.92 Å². The van der Waals surface area contributed by atoms with Gasteiger partial charge in [-0.2, -0.15) is 0 Å². The number of allylic oxidation sites excluding steroid dienone is 4. The number of aliphatic imine (C=N–C) groups is 1. The number of hydrogen-bond donors (Lipinski definition) is 0. The first-order valence-corrected chi connectivity index (χ1v) is 6.88. The van der Waals surface area contributed by atoms with E-state index in [1.165, 1.54) is 11.1 Å². The highest BCUT2D eigenvalue weighted by atomic mass is 14.8. The molecule has 1 nitrogen and oxygen atoms in total. The Morgan fingerprint density at radius 1 is 0.850 bits per heavy atom. The third-order valence-electron chi connectivity index (χ3n) is 3.42. The zero-order chi connectivity index (χ0) is 13.8. The van der Waals surface area contributed by atoms with Crippen LogP contribution in [0.4, 0.5) is 5.69 Å². The molecule has 0 saturated carbocycles. The van der Waals surface area contributed by atoms with Gasteiger partial charge in [0.2, 0.25) is 0 Å². The highest BCUT2D eigenvalue weighted by Gasteiger charge is 2.14. The van der Waals surface area contributed by atoms with Crippen molar-refractivity contribution in [1.82, 2.24) is 0 Å². The summed E-state index contributed by atoms with van der Waals surface area (Å²) in [5, 5.41) is 0. The van der Waals surface area contributed by atoms with Crippen LogP contribution >= 0.6 is 0 Å². The SMILES string of the molecule is Cc1ccc(N=C(c2ccccc2)C2C=CC=C2)cc1. The molecule has 3 rings (SSSR count). The lowest BCUT2D eigenvalue weighted by Gasteiger charge is -2.11. The quantitative estimate of drug-likeness (QED) is 0.698. The highest BCUT2D eigenvalue weighted by Crippen LogP contribution is 2.22. The molecule has 0 atom stereocenters. The summed E-state index contributed by atoms with van der Waals surface area (Å²) in [7, 11) is 0. The van der Waals surface area contributed by atoms with Crippen molar-refractivity contribution in [2.24, 2.45) is 10.9 Å². The number of aryl methyl sites for hydroxylation is 1. The van der Waals surface area contributed by atoms with Gasteiger partial charge in [-0.15, -0.1) is 0 Å². The maximum Gasteiger partial charge on any atom is 0.0633 e. The van der Waals surface area contributed by atoms with Crippen LogP contribution < -0.4 is 0 Å². The summed E-state index contributed by atoms with van der Waals surface area (Å²) in [6.45, 7) is 2.09. The summed E-state index contributed by atoms with van der Waals surface area (Å²) in [5.74, 6) is 0.263. The first-order valence-electron chi connectivity index (χ1n) is 6.88. The molecule has 0 aliphatic heterocycles. The van der Waals surface area contributed by atoms with E-state index in [0.717, 1.165) is 11.4 Å². The standard InChI is InChI=1S/C19H17N/c1-15-11-13-18(14-12-15)20-19(17-9-5-6-10-17)16-7-3-2-4-8-16/h2-14,17H,1H3. The van der Waals surface area contributed by atoms with Gasteiger partial charge in [-0.3, -0.25) is 4.99 Å². The molecule has 0 fully saturated rings. The van der Waals surface area contributed by atoms with Crippen molar-refractivity contribution in [2.45, 2.75) is 6.92 Å². The molecule has 1 aliphatic rings. The molecule has 0 N–H and O–H groups in total. The minimum Gasteiger partial charge on any atom is -0.252 e. The van der Waals surface area contributed by atoms with Crippen LogP contribution in [0.2, 0.25) is 0 Å². The lowest BCUT2D eigenvalue weighted by molar-refractivity contribution is 1.15. The van der Waals surface area contributed by atoms with Crippen LogP contribution in [0.3, 0.4) is 0 Å². The Morgan fingerprint density at radius 2 is 1.50 bits per heavy atom. The zero-order valence-electron chi connectivity index (χ0n) is 11.5. The van der Waals surface area contributed by atoms with Crippen molar-refractivity contribution in [3.63, 3.8) is 0 Å². The van der Waals surface area contributed by atoms with Crippen molar-refractivity contribution >= 4 is 11.4 Å². The third kappa shape index (κ3) is 2.77. The Hall–Kier alpha value is -2.41. The minimum absolute atomic E-state index is 0.263. The molecular formula is C19H17N. The van der Waals surface area contributed by atoms with E-state index < -0.39 is 0 Å². The fourth-order valence-electron chi connectivity index (χ4n) is 2.31. The van der Waals surface area contributed by atoms with Gasteiger partial charge in [0.1, 0.15) is 0 Å². The van der Waals surface area contributed by atoms with Gasteiger partial charge >= 0.3 is 0 Å². The smallest absolute Gasteiger partial charge is 0.0633 e. The molecule has 0 aromatic heterocycles. The van der Waals surface area contributed by atoms with Crippen molar-refractivity contribution in [2.75, 3.05) is 0 Å². The van der Waals surface area contributed by atoms with Crippen LogP contribution in [0, 0.1) is 12.8 Å². The molecule has 20 heavy (non-hydrogen) atoms. The fourth-order valence-corrected chi connectivity index (χ4v) is 2.31. The van der Waals surface area contributed by atoms with Crippen molar-refractivity contribution in [3.8, 4) is 0 Å². The molecule has 0 amide bonds. The van der Waals surface area contributed by atoms with Crippen LogP contribution in [0.1, 0.15) is 11.1 Å². The molecule has 1 heteroatoms. The Balaban J connectivity index is 2.03. The molecule has 0 unspecified atom stereocenters. The molecule has 0 bridgehead atoms. The number of hydrogen-bond acceptors (Lipinski definition) is 1. The van der Waals surface area contributed by atoms with Gasteiger partial charge in [0.15, 0.2) is 0 Å². The average Bonchev–Trinajstić information content (AvgIpc) is 3.01. The van der Waals surface area contributed by atoms with Crippen LogP contribution in [-0.4, -0.2) is 5.71 Å². The summed E-state index contributed by atoms with van der Waals surface area (Å²) >= 11 is 0. The van der Waals surface area contributed by atoms with Gasteiger partial charge < -0.3 is 0 Å². The summed E-state index contributed by atoms with van der Waals surface area (Å²) in [4.78, 5) is 4.87. The van der Waals surface area contributed by atoms with Crippen LogP contribution in [0.25, 0.3) is 0 Å². The predicted octanol–water partition coefficient (Wildman–Crippen LogP) is 4.86. The number of rotatable bonds is 3. The van der Waals surface area contributed by atoms with Crippen LogP contribution in [0.5, 0.6) is 0 Å². The van der Waals surface area contributed by atoms with E-state index in [-0.39, 0.29) is 5.92 Å². The van der Waals surface area contributed by atoms with Crippen LogP contribution in [-0.2, 0) is 0 Å². The van der Waals surface area contributed by atoms with Crippen molar-refractivity contribution < 1.29 is 0 Å². The number of benzene rings is 2. The third-order valence-corrected chi connectivity index (χ3v) is 3.42. The first-order chi connectivity index (χ1) is 9.83. The monoisotopic (exact) mass is 259 g/mol. The Kier molecular flexibility index (Phi) is 3.60. The van der Waals surface area contributed by atoms with E-state index in [9.17, 15) is 0 Å². The molecule has 0 spiro atoms. The normalized spacial score (nSPS) is 14.9. The Morgan fingerprint density at radius 3 is 2.15 bits per heavy atom. The molecule has 2 aromatic carbocycles. The Bertz CT molecular complexity index is 649. The topological polar surface area (TPSA) is 12.4 Å². The molecule has 0 heterocycles. The van der Waals surface area contributed by atoms with E-state index in [1.807, 2.05) is 6.07 Å². The highest BCUT2D eigenvalue weighted by molar-refractivity contribution is 6.06. The molecule has 98 valence electrons. The summed E-state index contributed by atoms with van der Waals surface area (Å²) in [5.41, 5.74) is 4.53. The average molecular weight is 259 g/mol.